The monoisotopic (exact) mass is 169 g/mol. The summed E-state index contributed by atoms with van der Waals surface area (Å²) in [6.07, 6.45) is 0.874. The largest absolute Gasteiger partial charge is 0.316 e. The molecule has 0 aliphatic rings. The van der Waals surface area contributed by atoms with Gasteiger partial charge in [0.25, 0.3) is 0 Å². The Bertz CT molecular complexity index is 263. The first-order valence-electron chi connectivity index (χ1n) is 3.92. The van der Waals surface area contributed by atoms with Crippen LogP contribution in [0.3, 0.4) is 0 Å². The maximum atomic E-state index is 12.9. The summed E-state index contributed by atoms with van der Waals surface area (Å²) >= 11 is 0. The Morgan fingerprint density at radius 2 is 2.25 bits per heavy atom. The first kappa shape index (κ1) is 9.16. The van der Waals surface area contributed by atoms with E-state index in [1.54, 1.807) is 12.1 Å². The second-order valence-corrected chi connectivity index (χ2v) is 2.61. The highest BCUT2D eigenvalue weighted by Gasteiger charge is 2.01. The van der Waals surface area contributed by atoms with Crippen LogP contribution in [0.2, 0.25) is 0 Å². The molecule has 0 spiro atoms. The standard InChI is InChI=1S/C9H12FNO/c1-2-7-3-4-9(10)8(5-7)6-11-12/h3-5,11-12H,2,6H2,1H3. The van der Waals surface area contributed by atoms with Crippen LogP contribution in [0.4, 0.5) is 4.39 Å². The van der Waals surface area contributed by atoms with E-state index < -0.39 is 0 Å². The smallest absolute Gasteiger partial charge is 0.127 e. The van der Waals surface area contributed by atoms with Crippen LogP contribution < -0.4 is 5.48 Å². The highest BCUT2D eigenvalue weighted by molar-refractivity contribution is 5.24. The summed E-state index contributed by atoms with van der Waals surface area (Å²) in [4.78, 5) is 0. The van der Waals surface area contributed by atoms with E-state index >= 15 is 0 Å². The predicted octanol–water partition coefficient (Wildman–Crippen LogP) is 1.87. The van der Waals surface area contributed by atoms with Crippen LogP contribution in [0.5, 0.6) is 0 Å². The number of hydroxylamine groups is 1. The molecule has 12 heavy (non-hydrogen) atoms. The highest BCUT2D eigenvalue weighted by atomic mass is 19.1. The number of hydrogen-bond acceptors (Lipinski definition) is 2. The summed E-state index contributed by atoms with van der Waals surface area (Å²) < 4.78 is 12.9. The van der Waals surface area contributed by atoms with E-state index in [9.17, 15) is 4.39 Å². The lowest BCUT2D eigenvalue weighted by Crippen LogP contribution is -2.08. The Kier molecular flexibility index (Phi) is 3.19. The van der Waals surface area contributed by atoms with Gasteiger partial charge in [-0.25, -0.2) is 9.87 Å². The van der Waals surface area contributed by atoms with Crippen molar-refractivity contribution in [3.63, 3.8) is 0 Å². The lowest BCUT2D eigenvalue weighted by molar-refractivity contribution is 0.160. The third-order valence-corrected chi connectivity index (χ3v) is 1.79. The van der Waals surface area contributed by atoms with E-state index in [0.29, 0.717) is 5.56 Å². The molecular formula is C9H12FNO. The van der Waals surface area contributed by atoms with Gasteiger partial charge in [0, 0.05) is 12.1 Å². The first-order chi connectivity index (χ1) is 5.77. The molecular weight excluding hydrogens is 157 g/mol. The lowest BCUT2D eigenvalue weighted by Gasteiger charge is -2.03. The molecule has 1 aromatic carbocycles. The van der Waals surface area contributed by atoms with Gasteiger partial charge in [-0.3, -0.25) is 0 Å². The third-order valence-electron chi connectivity index (χ3n) is 1.79. The van der Waals surface area contributed by atoms with Crippen molar-refractivity contribution in [3.8, 4) is 0 Å². The summed E-state index contributed by atoms with van der Waals surface area (Å²) in [5, 5.41) is 8.39. The van der Waals surface area contributed by atoms with Gasteiger partial charge in [-0.1, -0.05) is 19.1 Å². The maximum Gasteiger partial charge on any atom is 0.127 e. The van der Waals surface area contributed by atoms with Crippen LogP contribution in [0.25, 0.3) is 0 Å². The van der Waals surface area contributed by atoms with Crippen LogP contribution in [0.1, 0.15) is 18.1 Å². The molecule has 0 bridgehead atoms. The number of halogens is 1. The Morgan fingerprint density at radius 1 is 1.50 bits per heavy atom. The fourth-order valence-electron chi connectivity index (χ4n) is 1.07. The maximum absolute atomic E-state index is 12.9. The van der Waals surface area contributed by atoms with E-state index in [2.05, 4.69) is 0 Å². The van der Waals surface area contributed by atoms with Gasteiger partial charge in [-0.2, -0.15) is 0 Å². The number of aryl methyl sites for hydroxylation is 1. The number of benzene rings is 1. The van der Waals surface area contributed by atoms with Gasteiger partial charge in [0.15, 0.2) is 0 Å². The van der Waals surface area contributed by atoms with E-state index in [-0.39, 0.29) is 12.4 Å². The van der Waals surface area contributed by atoms with Gasteiger partial charge >= 0.3 is 0 Å². The zero-order valence-corrected chi connectivity index (χ0v) is 6.97. The molecule has 0 radical (unpaired) electrons. The Balaban J connectivity index is 2.91. The molecule has 2 nitrogen and oxygen atoms in total. The number of rotatable bonds is 3. The third kappa shape index (κ3) is 2.03. The summed E-state index contributed by atoms with van der Waals surface area (Å²) in [7, 11) is 0. The van der Waals surface area contributed by atoms with Gasteiger partial charge in [0.2, 0.25) is 0 Å². The second-order valence-electron chi connectivity index (χ2n) is 2.61. The zero-order chi connectivity index (χ0) is 8.97. The number of hydrogen-bond donors (Lipinski definition) is 2. The molecule has 0 unspecified atom stereocenters. The van der Waals surface area contributed by atoms with Crippen LogP contribution in [0, 0.1) is 5.82 Å². The Hall–Kier alpha value is -0.930. The molecule has 0 aromatic heterocycles. The summed E-state index contributed by atoms with van der Waals surface area (Å²) in [6.45, 7) is 2.16. The summed E-state index contributed by atoms with van der Waals surface area (Å²) in [5.74, 6) is -0.284. The molecule has 0 fully saturated rings. The van der Waals surface area contributed by atoms with Gasteiger partial charge in [-0.15, -0.1) is 0 Å². The van der Waals surface area contributed by atoms with E-state index in [1.165, 1.54) is 6.07 Å². The quantitative estimate of drug-likeness (QED) is 0.677. The molecule has 1 rings (SSSR count). The second kappa shape index (κ2) is 4.18. The van der Waals surface area contributed by atoms with E-state index in [0.717, 1.165) is 12.0 Å². The fourth-order valence-corrected chi connectivity index (χ4v) is 1.07. The molecule has 0 saturated heterocycles. The van der Waals surface area contributed by atoms with Crippen molar-refractivity contribution < 1.29 is 9.60 Å². The molecule has 3 heteroatoms. The van der Waals surface area contributed by atoms with E-state index in [4.69, 9.17) is 5.21 Å². The molecule has 0 saturated carbocycles. The van der Waals surface area contributed by atoms with Crippen molar-refractivity contribution in [1.29, 1.82) is 0 Å². The van der Waals surface area contributed by atoms with Crippen molar-refractivity contribution >= 4 is 0 Å². The van der Waals surface area contributed by atoms with Crippen molar-refractivity contribution in [3.05, 3.63) is 35.1 Å². The summed E-state index contributed by atoms with van der Waals surface area (Å²) in [6, 6.07) is 4.92. The summed E-state index contributed by atoms with van der Waals surface area (Å²) in [5.41, 5.74) is 3.50. The van der Waals surface area contributed by atoms with Crippen LogP contribution in [0.15, 0.2) is 18.2 Å². The molecule has 0 heterocycles. The van der Waals surface area contributed by atoms with Crippen LogP contribution in [-0.2, 0) is 13.0 Å². The van der Waals surface area contributed by atoms with Crippen LogP contribution in [-0.4, -0.2) is 5.21 Å². The van der Waals surface area contributed by atoms with Crippen molar-refractivity contribution in [2.24, 2.45) is 0 Å². The molecule has 0 atom stereocenters. The van der Waals surface area contributed by atoms with E-state index in [1.807, 2.05) is 12.4 Å². The first-order valence-corrected chi connectivity index (χ1v) is 3.92. The van der Waals surface area contributed by atoms with Crippen molar-refractivity contribution in [2.45, 2.75) is 19.9 Å². The number of nitrogens with one attached hydrogen (secondary N) is 1. The molecule has 0 amide bonds. The highest BCUT2D eigenvalue weighted by Crippen LogP contribution is 2.10. The van der Waals surface area contributed by atoms with Crippen molar-refractivity contribution in [1.82, 2.24) is 5.48 Å². The molecule has 66 valence electrons. The normalized spacial score (nSPS) is 10.2. The fraction of sp³-hybridized carbons (Fsp3) is 0.333. The Morgan fingerprint density at radius 3 is 2.83 bits per heavy atom. The molecule has 0 aliphatic carbocycles. The van der Waals surface area contributed by atoms with Gasteiger partial charge in [0.1, 0.15) is 5.82 Å². The Labute approximate surface area is 71.0 Å². The average molecular weight is 169 g/mol. The lowest BCUT2D eigenvalue weighted by atomic mass is 10.1. The molecule has 1 aromatic rings. The molecule has 2 N–H and O–H groups in total. The predicted molar refractivity (Wildman–Crippen MR) is 44.4 cm³/mol. The van der Waals surface area contributed by atoms with Crippen LogP contribution >= 0.6 is 0 Å². The molecule has 0 aliphatic heterocycles. The van der Waals surface area contributed by atoms with Gasteiger partial charge < -0.3 is 5.21 Å². The minimum atomic E-state index is -0.284. The SMILES string of the molecule is CCc1ccc(F)c(CNO)c1. The van der Waals surface area contributed by atoms with Crippen molar-refractivity contribution in [2.75, 3.05) is 0 Å². The zero-order valence-electron chi connectivity index (χ0n) is 6.97. The average Bonchev–Trinajstić information content (AvgIpc) is 2.09. The minimum absolute atomic E-state index is 0.152. The topological polar surface area (TPSA) is 32.3 Å². The van der Waals surface area contributed by atoms with Gasteiger partial charge in [0.05, 0.1) is 0 Å². The van der Waals surface area contributed by atoms with Gasteiger partial charge in [-0.05, 0) is 18.1 Å². The minimum Gasteiger partial charge on any atom is -0.316 e.